The lowest BCUT2D eigenvalue weighted by Gasteiger charge is -2.32. The van der Waals surface area contributed by atoms with Crippen molar-refractivity contribution in [1.82, 2.24) is 20.4 Å². The number of aromatic nitrogens is 2. The van der Waals surface area contributed by atoms with Crippen LogP contribution >= 0.6 is 15.9 Å². The molecule has 5 nitrogen and oxygen atoms in total. The summed E-state index contributed by atoms with van der Waals surface area (Å²) in [5.41, 5.74) is 3.59. The highest BCUT2D eigenvalue weighted by atomic mass is 79.9. The van der Waals surface area contributed by atoms with E-state index in [-0.39, 0.29) is 11.9 Å². The Hall–Kier alpha value is -2.44. The third-order valence-corrected chi connectivity index (χ3v) is 5.66. The molecule has 4 rings (SSSR count). The molecule has 0 spiro atoms. The third-order valence-electron chi connectivity index (χ3n) is 5.13. The quantitative estimate of drug-likeness (QED) is 0.626. The zero-order valence-electron chi connectivity index (χ0n) is 15.6. The number of nitrogens with one attached hydrogen (secondary N) is 2. The molecule has 0 unspecified atom stereocenters. The minimum Gasteiger partial charge on any atom is -0.348 e. The number of hydrogen-bond acceptors (Lipinski definition) is 3. The van der Waals surface area contributed by atoms with Crippen LogP contribution in [0.1, 0.15) is 28.9 Å². The maximum Gasteiger partial charge on any atom is 0.269 e. The number of carbonyl (C=O) groups excluding carboxylic acids is 1. The SMILES string of the molecule is O=C(NC1CCN(Cc2ccccc2)CC1)c1cc(-c2ccc(Br)cc2)n[nH]1. The van der Waals surface area contributed by atoms with Gasteiger partial charge in [0.15, 0.2) is 0 Å². The van der Waals surface area contributed by atoms with Gasteiger partial charge in [-0.3, -0.25) is 14.8 Å². The molecule has 2 aromatic carbocycles. The van der Waals surface area contributed by atoms with E-state index in [1.54, 1.807) is 0 Å². The van der Waals surface area contributed by atoms with Gasteiger partial charge in [0, 0.05) is 35.7 Å². The lowest BCUT2D eigenvalue weighted by Crippen LogP contribution is -2.44. The van der Waals surface area contributed by atoms with Crippen LogP contribution in [0.3, 0.4) is 0 Å². The van der Waals surface area contributed by atoms with Gasteiger partial charge in [0.05, 0.1) is 5.69 Å². The molecular formula is C22H23BrN4O. The number of piperidine rings is 1. The van der Waals surface area contributed by atoms with E-state index >= 15 is 0 Å². The van der Waals surface area contributed by atoms with Gasteiger partial charge in [0.25, 0.3) is 5.91 Å². The number of amides is 1. The van der Waals surface area contributed by atoms with E-state index in [1.807, 2.05) is 36.4 Å². The molecular weight excluding hydrogens is 416 g/mol. The van der Waals surface area contributed by atoms with Gasteiger partial charge in [-0.2, -0.15) is 5.10 Å². The molecule has 0 radical (unpaired) electrons. The Kier molecular flexibility index (Phi) is 5.88. The van der Waals surface area contributed by atoms with Crippen LogP contribution in [0.25, 0.3) is 11.3 Å². The molecule has 0 aliphatic carbocycles. The molecule has 1 aromatic heterocycles. The van der Waals surface area contributed by atoms with Crippen LogP contribution in [-0.2, 0) is 6.54 Å². The normalized spacial score (nSPS) is 15.5. The highest BCUT2D eigenvalue weighted by molar-refractivity contribution is 9.10. The van der Waals surface area contributed by atoms with Crippen LogP contribution < -0.4 is 5.32 Å². The number of benzene rings is 2. The van der Waals surface area contributed by atoms with E-state index in [2.05, 4.69) is 60.6 Å². The summed E-state index contributed by atoms with van der Waals surface area (Å²) in [6.45, 7) is 2.96. The topological polar surface area (TPSA) is 61.0 Å². The molecule has 144 valence electrons. The van der Waals surface area contributed by atoms with E-state index in [4.69, 9.17) is 0 Å². The number of likely N-dealkylation sites (tertiary alicyclic amines) is 1. The monoisotopic (exact) mass is 438 g/mol. The molecule has 2 N–H and O–H groups in total. The first-order valence-corrected chi connectivity index (χ1v) is 10.4. The lowest BCUT2D eigenvalue weighted by atomic mass is 10.0. The molecule has 6 heteroatoms. The minimum atomic E-state index is -0.0858. The number of aromatic amines is 1. The standard InChI is InChI=1S/C22H23BrN4O/c23-18-8-6-17(7-9-18)20-14-21(26-25-20)22(28)24-19-10-12-27(13-11-19)15-16-4-2-1-3-5-16/h1-9,14,19H,10-13,15H2,(H,24,28)(H,25,26). The Labute approximate surface area is 173 Å². The van der Waals surface area contributed by atoms with Crippen molar-refractivity contribution < 1.29 is 4.79 Å². The molecule has 3 aromatic rings. The Balaban J connectivity index is 1.29. The van der Waals surface area contributed by atoms with Crippen LogP contribution in [0.15, 0.2) is 65.1 Å². The number of rotatable bonds is 5. The van der Waals surface area contributed by atoms with Gasteiger partial charge >= 0.3 is 0 Å². The second-order valence-corrected chi connectivity index (χ2v) is 8.10. The number of H-pyrrole nitrogens is 1. The highest BCUT2D eigenvalue weighted by Gasteiger charge is 2.22. The van der Waals surface area contributed by atoms with Crippen LogP contribution in [0.4, 0.5) is 0 Å². The second-order valence-electron chi connectivity index (χ2n) is 7.18. The Bertz CT molecular complexity index is 915. The first-order chi connectivity index (χ1) is 13.7. The van der Waals surface area contributed by atoms with Crippen molar-refractivity contribution >= 4 is 21.8 Å². The summed E-state index contributed by atoms with van der Waals surface area (Å²) in [5, 5.41) is 10.3. The molecule has 0 bridgehead atoms. The van der Waals surface area contributed by atoms with E-state index in [1.165, 1.54) is 5.56 Å². The fourth-order valence-electron chi connectivity index (χ4n) is 3.55. The summed E-state index contributed by atoms with van der Waals surface area (Å²) in [6, 6.07) is 20.4. The van der Waals surface area contributed by atoms with Gasteiger partial charge in [-0.05, 0) is 36.6 Å². The molecule has 1 saturated heterocycles. The van der Waals surface area contributed by atoms with E-state index < -0.39 is 0 Å². The first kappa shape index (κ1) is 18.9. The maximum absolute atomic E-state index is 12.6. The average Bonchev–Trinajstić information content (AvgIpc) is 3.21. The fraction of sp³-hybridized carbons (Fsp3) is 0.273. The van der Waals surface area contributed by atoms with Gasteiger partial charge in [0.2, 0.25) is 0 Å². The highest BCUT2D eigenvalue weighted by Crippen LogP contribution is 2.21. The van der Waals surface area contributed by atoms with Crippen LogP contribution in [0.5, 0.6) is 0 Å². The number of halogens is 1. The molecule has 0 atom stereocenters. The predicted molar refractivity (Wildman–Crippen MR) is 114 cm³/mol. The summed E-state index contributed by atoms with van der Waals surface area (Å²) in [6.07, 6.45) is 1.93. The fourth-order valence-corrected chi connectivity index (χ4v) is 3.81. The van der Waals surface area contributed by atoms with Crippen LogP contribution in [0.2, 0.25) is 0 Å². The largest absolute Gasteiger partial charge is 0.348 e. The molecule has 1 fully saturated rings. The molecule has 0 saturated carbocycles. The summed E-state index contributed by atoms with van der Waals surface area (Å²) in [7, 11) is 0. The van der Waals surface area contributed by atoms with Crippen molar-refractivity contribution in [1.29, 1.82) is 0 Å². The van der Waals surface area contributed by atoms with Gasteiger partial charge in [-0.1, -0.05) is 58.4 Å². The zero-order chi connectivity index (χ0) is 19.3. The predicted octanol–water partition coefficient (Wildman–Crippen LogP) is 4.23. The molecule has 1 amide bonds. The van der Waals surface area contributed by atoms with Gasteiger partial charge in [-0.15, -0.1) is 0 Å². The smallest absolute Gasteiger partial charge is 0.269 e. The van der Waals surface area contributed by atoms with Gasteiger partial charge in [0.1, 0.15) is 5.69 Å². The van der Waals surface area contributed by atoms with Crippen molar-refractivity contribution in [3.8, 4) is 11.3 Å². The van der Waals surface area contributed by atoms with E-state index in [0.29, 0.717) is 5.69 Å². The van der Waals surface area contributed by atoms with Crippen molar-refractivity contribution in [2.75, 3.05) is 13.1 Å². The lowest BCUT2D eigenvalue weighted by molar-refractivity contribution is 0.0904. The van der Waals surface area contributed by atoms with Crippen LogP contribution in [-0.4, -0.2) is 40.1 Å². The molecule has 28 heavy (non-hydrogen) atoms. The molecule has 1 aliphatic rings. The van der Waals surface area contributed by atoms with Gasteiger partial charge in [-0.25, -0.2) is 0 Å². The Morgan fingerprint density at radius 1 is 1.11 bits per heavy atom. The van der Waals surface area contributed by atoms with Crippen molar-refractivity contribution in [2.24, 2.45) is 0 Å². The number of hydrogen-bond donors (Lipinski definition) is 2. The third kappa shape index (κ3) is 4.69. The second kappa shape index (κ2) is 8.71. The van der Waals surface area contributed by atoms with Crippen molar-refractivity contribution in [2.45, 2.75) is 25.4 Å². The van der Waals surface area contributed by atoms with Gasteiger partial charge < -0.3 is 5.32 Å². The number of nitrogens with zero attached hydrogens (tertiary/aromatic N) is 2. The summed E-state index contributed by atoms with van der Waals surface area (Å²) < 4.78 is 1.02. The minimum absolute atomic E-state index is 0.0858. The Morgan fingerprint density at radius 2 is 1.82 bits per heavy atom. The molecule has 1 aliphatic heterocycles. The summed E-state index contributed by atoms with van der Waals surface area (Å²) in [5.74, 6) is -0.0858. The van der Waals surface area contributed by atoms with Crippen molar-refractivity contribution in [3.63, 3.8) is 0 Å². The van der Waals surface area contributed by atoms with Crippen LogP contribution in [0, 0.1) is 0 Å². The van der Waals surface area contributed by atoms with Crippen molar-refractivity contribution in [3.05, 3.63) is 76.4 Å². The number of carbonyl (C=O) groups is 1. The van der Waals surface area contributed by atoms with E-state index in [0.717, 1.165) is 48.2 Å². The summed E-state index contributed by atoms with van der Waals surface area (Å²) in [4.78, 5) is 15.0. The first-order valence-electron chi connectivity index (χ1n) is 9.56. The molecule has 2 heterocycles. The zero-order valence-corrected chi connectivity index (χ0v) is 17.2. The summed E-state index contributed by atoms with van der Waals surface area (Å²) >= 11 is 3.43. The average molecular weight is 439 g/mol. The maximum atomic E-state index is 12.6. The van der Waals surface area contributed by atoms with E-state index in [9.17, 15) is 4.79 Å². The Morgan fingerprint density at radius 3 is 2.54 bits per heavy atom.